The molecular formula is C13H18ClN3O3. The summed E-state index contributed by atoms with van der Waals surface area (Å²) >= 11 is 6.04. The molecule has 20 heavy (non-hydrogen) atoms. The topological polar surface area (TPSA) is 88.0 Å². The van der Waals surface area contributed by atoms with E-state index >= 15 is 0 Å². The zero-order chi connectivity index (χ0) is 14.8. The highest BCUT2D eigenvalue weighted by atomic mass is 35.5. The van der Waals surface area contributed by atoms with Gasteiger partial charge in [0.05, 0.1) is 16.7 Å². The SMILES string of the molecule is CC1CCC(CCl)(NC(=O)c2cc([N+](=O)[O-])c[nH]2)CC1. The zero-order valence-corrected chi connectivity index (χ0v) is 12.1. The second-order valence-electron chi connectivity index (χ2n) is 5.58. The lowest BCUT2D eigenvalue weighted by atomic mass is 9.78. The molecule has 0 aliphatic heterocycles. The molecule has 6 nitrogen and oxygen atoms in total. The van der Waals surface area contributed by atoms with Crippen molar-refractivity contribution in [3.8, 4) is 0 Å². The van der Waals surface area contributed by atoms with E-state index in [-0.39, 0.29) is 17.3 Å². The van der Waals surface area contributed by atoms with Gasteiger partial charge >= 0.3 is 0 Å². The van der Waals surface area contributed by atoms with Crippen LogP contribution < -0.4 is 5.32 Å². The first kappa shape index (κ1) is 14.8. The van der Waals surface area contributed by atoms with E-state index in [0.29, 0.717) is 11.8 Å². The van der Waals surface area contributed by atoms with E-state index in [1.54, 1.807) is 0 Å². The van der Waals surface area contributed by atoms with Crippen molar-refractivity contribution in [1.82, 2.24) is 10.3 Å². The van der Waals surface area contributed by atoms with Gasteiger partial charge in [-0.3, -0.25) is 14.9 Å². The highest BCUT2D eigenvalue weighted by Gasteiger charge is 2.35. The van der Waals surface area contributed by atoms with Gasteiger partial charge < -0.3 is 10.3 Å². The maximum Gasteiger partial charge on any atom is 0.287 e. The predicted molar refractivity (Wildman–Crippen MR) is 76.0 cm³/mol. The van der Waals surface area contributed by atoms with E-state index in [9.17, 15) is 14.9 Å². The van der Waals surface area contributed by atoms with Crippen molar-refractivity contribution < 1.29 is 9.72 Å². The molecule has 0 unspecified atom stereocenters. The molecular weight excluding hydrogens is 282 g/mol. The number of rotatable bonds is 4. The Morgan fingerprint density at radius 2 is 2.25 bits per heavy atom. The monoisotopic (exact) mass is 299 g/mol. The molecule has 1 aliphatic rings. The van der Waals surface area contributed by atoms with E-state index in [4.69, 9.17) is 11.6 Å². The summed E-state index contributed by atoms with van der Waals surface area (Å²) in [4.78, 5) is 24.9. The number of nitro groups is 1. The molecule has 110 valence electrons. The third kappa shape index (κ3) is 3.12. The number of aromatic amines is 1. The fourth-order valence-electron chi connectivity index (χ4n) is 2.53. The van der Waals surface area contributed by atoms with Crippen LogP contribution in [-0.2, 0) is 0 Å². The number of alkyl halides is 1. The summed E-state index contributed by atoms with van der Waals surface area (Å²) in [6, 6.07) is 1.24. The van der Waals surface area contributed by atoms with Crippen molar-refractivity contribution in [2.45, 2.75) is 38.1 Å². The van der Waals surface area contributed by atoms with Crippen molar-refractivity contribution >= 4 is 23.2 Å². The summed E-state index contributed by atoms with van der Waals surface area (Å²) in [7, 11) is 0. The van der Waals surface area contributed by atoms with Crippen LogP contribution in [0.5, 0.6) is 0 Å². The minimum atomic E-state index is -0.535. The molecule has 1 fully saturated rings. The molecule has 0 spiro atoms. The summed E-state index contributed by atoms with van der Waals surface area (Å²) < 4.78 is 0. The molecule has 0 atom stereocenters. The van der Waals surface area contributed by atoms with Crippen LogP contribution in [-0.4, -0.2) is 27.2 Å². The lowest BCUT2D eigenvalue weighted by Crippen LogP contribution is -2.52. The Balaban J connectivity index is 2.07. The highest BCUT2D eigenvalue weighted by molar-refractivity contribution is 6.19. The van der Waals surface area contributed by atoms with Gasteiger partial charge in [-0.15, -0.1) is 11.6 Å². The summed E-state index contributed by atoms with van der Waals surface area (Å²) in [6.07, 6.45) is 4.94. The van der Waals surface area contributed by atoms with Gasteiger partial charge in [-0.05, 0) is 31.6 Å². The fourth-order valence-corrected chi connectivity index (χ4v) is 2.87. The number of nitrogens with zero attached hydrogens (tertiary/aromatic N) is 1. The van der Waals surface area contributed by atoms with E-state index in [2.05, 4.69) is 17.2 Å². The lowest BCUT2D eigenvalue weighted by molar-refractivity contribution is -0.384. The Morgan fingerprint density at radius 3 is 2.75 bits per heavy atom. The van der Waals surface area contributed by atoms with Crippen molar-refractivity contribution in [3.63, 3.8) is 0 Å². The molecule has 0 aromatic carbocycles. The molecule has 2 rings (SSSR count). The molecule has 0 radical (unpaired) electrons. The summed E-state index contributed by atoms with van der Waals surface area (Å²) in [6.45, 7) is 2.19. The number of H-pyrrole nitrogens is 1. The number of carbonyl (C=O) groups is 1. The van der Waals surface area contributed by atoms with Crippen LogP contribution in [0.4, 0.5) is 5.69 Å². The van der Waals surface area contributed by atoms with Crippen molar-refractivity contribution in [2.75, 3.05) is 5.88 Å². The predicted octanol–water partition coefficient (Wildman–Crippen LogP) is 2.84. The Hall–Kier alpha value is -1.56. The minimum absolute atomic E-state index is 0.118. The van der Waals surface area contributed by atoms with Crippen LogP contribution >= 0.6 is 11.6 Å². The van der Waals surface area contributed by atoms with Crippen LogP contribution in [0, 0.1) is 16.0 Å². The second kappa shape index (κ2) is 5.83. The van der Waals surface area contributed by atoms with Gasteiger partial charge in [0.2, 0.25) is 0 Å². The molecule has 1 aromatic heterocycles. The van der Waals surface area contributed by atoms with E-state index in [1.807, 2.05) is 0 Å². The third-order valence-electron chi connectivity index (χ3n) is 3.99. The molecule has 0 bridgehead atoms. The molecule has 1 aromatic rings. The van der Waals surface area contributed by atoms with Crippen LogP contribution in [0.3, 0.4) is 0 Å². The molecule has 1 heterocycles. The standard InChI is InChI=1S/C13H18ClN3O3/c1-9-2-4-13(8-14,5-3-9)16-12(18)11-6-10(7-15-11)17(19)20/h6-7,9,15H,2-5,8H2,1H3,(H,16,18). The van der Waals surface area contributed by atoms with Gasteiger partial charge in [0.1, 0.15) is 5.69 Å². The van der Waals surface area contributed by atoms with E-state index < -0.39 is 10.5 Å². The van der Waals surface area contributed by atoms with Crippen molar-refractivity contribution in [1.29, 1.82) is 0 Å². The molecule has 2 N–H and O–H groups in total. The van der Waals surface area contributed by atoms with Gasteiger partial charge in [0, 0.05) is 11.9 Å². The third-order valence-corrected chi connectivity index (χ3v) is 4.50. The average Bonchev–Trinajstić information content (AvgIpc) is 2.92. The number of nitrogens with one attached hydrogen (secondary N) is 2. The van der Waals surface area contributed by atoms with E-state index in [1.165, 1.54) is 12.3 Å². The molecule has 1 aliphatic carbocycles. The first-order valence-electron chi connectivity index (χ1n) is 6.67. The van der Waals surface area contributed by atoms with Gasteiger partial charge in [0.15, 0.2) is 0 Å². The number of hydrogen-bond acceptors (Lipinski definition) is 3. The zero-order valence-electron chi connectivity index (χ0n) is 11.3. The average molecular weight is 300 g/mol. The summed E-state index contributed by atoms with van der Waals surface area (Å²) in [5.41, 5.74) is -0.322. The lowest BCUT2D eigenvalue weighted by Gasteiger charge is -2.38. The minimum Gasteiger partial charge on any atom is -0.351 e. The largest absolute Gasteiger partial charge is 0.351 e. The van der Waals surface area contributed by atoms with Gasteiger partial charge in [-0.2, -0.15) is 0 Å². The molecule has 0 saturated heterocycles. The first-order chi connectivity index (χ1) is 9.46. The first-order valence-corrected chi connectivity index (χ1v) is 7.20. The number of carbonyl (C=O) groups excluding carboxylic acids is 1. The molecule has 1 amide bonds. The van der Waals surface area contributed by atoms with Crippen molar-refractivity contribution in [3.05, 3.63) is 28.1 Å². The number of hydrogen-bond donors (Lipinski definition) is 2. The maximum atomic E-state index is 12.2. The smallest absolute Gasteiger partial charge is 0.287 e. The molecule has 1 saturated carbocycles. The van der Waals surface area contributed by atoms with Crippen LogP contribution in [0.2, 0.25) is 0 Å². The number of aromatic nitrogens is 1. The highest BCUT2D eigenvalue weighted by Crippen LogP contribution is 2.33. The maximum absolute atomic E-state index is 12.2. The van der Waals surface area contributed by atoms with Gasteiger partial charge in [0.25, 0.3) is 11.6 Å². The second-order valence-corrected chi connectivity index (χ2v) is 5.85. The molecule has 7 heteroatoms. The normalized spacial score (nSPS) is 26.2. The Morgan fingerprint density at radius 1 is 1.60 bits per heavy atom. The number of amides is 1. The van der Waals surface area contributed by atoms with Gasteiger partial charge in [-0.25, -0.2) is 0 Å². The Labute approximate surface area is 122 Å². The van der Waals surface area contributed by atoms with E-state index in [0.717, 1.165) is 25.7 Å². The van der Waals surface area contributed by atoms with Crippen molar-refractivity contribution in [2.24, 2.45) is 5.92 Å². The Bertz CT molecular complexity index is 507. The number of halogens is 1. The Kier molecular flexibility index (Phi) is 4.32. The van der Waals surface area contributed by atoms with Crippen LogP contribution in [0.15, 0.2) is 12.3 Å². The van der Waals surface area contributed by atoms with Crippen LogP contribution in [0.25, 0.3) is 0 Å². The fraction of sp³-hybridized carbons (Fsp3) is 0.615. The summed E-state index contributed by atoms with van der Waals surface area (Å²) in [5, 5.41) is 13.6. The van der Waals surface area contributed by atoms with Crippen LogP contribution in [0.1, 0.15) is 43.1 Å². The van der Waals surface area contributed by atoms with Gasteiger partial charge in [-0.1, -0.05) is 6.92 Å². The summed E-state index contributed by atoms with van der Waals surface area (Å²) in [5.74, 6) is 0.664. The quantitative estimate of drug-likeness (QED) is 0.509.